The third-order valence-corrected chi connectivity index (χ3v) is 14.1. The van der Waals surface area contributed by atoms with Crippen molar-refractivity contribution in [3.8, 4) is 0 Å². The molecule has 4 bridgehead atoms. The number of piperidine rings is 1. The van der Waals surface area contributed by atoms with Crippen LogP contribution in [-0.4, -0.2) is 73.6 Å². The first kappa shape index (κ1) is 26.8. The van der Waals surface area contributed by atoms with Crippen LogP contribution in [0, 0.1) is 22.2 Å². The van der Waals surface area contributed by atoms with Crippen molar-refractivity contribution in [3.05, 3.63) is 58.5 Å². The maximum absolute atomic E-state index is 11.8. The SMILES string of the molecule is COC1(O)C=CC2=C3C1O[C@H]1[C@@]4(OC)CC[C@@]5(C[C@]4(C)COCc4cc6ccccc6s4)[C@@H](C2)N(CC2CC2)CC[C@]315. The lowest BCUT2D eigenvalue weighted by molar-refractivity contribution is -0.339. The maximum atomic E-state index is 11.8. The van der Waals surface area contributed by atoms with Crippen LogP contribution >= 0.6 is 11.3 Å². The molecule has 2 aromatic rings. The number of aliphatic hydroxyl groups is 1. The zero-order valence-corrected chi connectivity index (χ0v) is 25.9. The molecule has 7 heteroatoms. The summed E-state index contributed by atoms with van der Waals surface area (Å²) in [5.74, 6) is -0.594. The molecule has 6 nitrogen and oxygen atoms in total. The third kappa shape index (κ3) is 3.16. The lowest BCUT2D eigenvalue weighted by Gasteiger charge is -2.76. The van der Waals surface area contributed by atoms with Crippen molar-refractivity contribution in [3.63, 3.8) is 0 Å². The van der Waals surface area contributed by atoms with Crippen molar-refractivity contribution in [2.75, 3.05) is 33.9 Å². The molecule has 1 aromatic carbocycles. The Morgan fingerprint density at radius 1 is 1.12 bits per heavy atom. The van der Waals surface area contributed by atoms with Crippen molar-refractivity contribution < 1.29 is 24.1 Å². The van der Waals surface area contributed by atoms with E-state index in [0.29, 0.717) is 19.3 Å². The summed E-state index contributed by atoms with van der Waals surface area (Å²) in [4.78, 5) is 4.13. The van der Waals surface area contributed by atoms with E-state index in [9.17, 15) is 5.11 Å². The molecule has 1 aromatic heterocycles. The average molecular weight is 590 g/mol. The zero-order valence-electron chi connectivity index (χ0n) is 25.1. The van der Waals surface area contributed by atoms with Crippen molar-refractivity contribution in [2.24, 2.45) is 22.2 Å². The number of thiophene rings is 1. The van der Waals surface area contributed by atoms with Gasteiger partial charge in [0.25, 0.3) is 0 Å². The quantitative estimate of drug-likeness (QED) is 0.391. The van der Waals surface area contributed by atoms with E-state index in [1.807, 2.05) is 24.5 Å². The smallest absolute Gasteiger partial charge is 0.216 e. The van der Waals surface area contributed by atoms with E-state index in [4.69, 9.17) is 18.9 Å². The van der Waals surface area contributed by atoms with E-state index in [1.165, 1.54) is 45.5 Å². The molecular weight excluding hydrogens is 546 g/mol. The number of methoxy groups -OCH3 is 2. The summed E-state index contributed by atoms with van der Waals surface area (Å²) in [5.41, 5.74) is 1.90. The Morgan fingerprint density at radius 3 is 2.76 bits per heavy atom. The van der Waals surface area contributed by atoms with E-state index < -0.39 is 17.5 Å². The fraction of sp³-hybridized carbons (Fsp3) is 0.657. The first-order valence-electron chi connectivity index (χ1n) is 16.0. The summed E-state index contributed by atoms with van der Waals surface area (Å²) in [6.07, 6.45) is 11.4. The van der Waals surface area contributed by atoms with Crippen LogP contribution in [0.3, 0.4) is 0 Å². The summed E-state index contributed by atoms with van der Waals surface area (Å²) < 4.78 is 27.8. The highest BCUT2D eigenvalue weighted by molar-refractivity contribution is 7.19. The van der Waals surface area contributed by atoms with Gasteiger partial charge in [0.2, 0.25) is 5.79 Å². The van der Waals surface area contributed by atoms with E-state index in [-0.39, 0.29) is 22.3 Å². The number of hydrogen-bond acceptors (Lipinski definition) is 7. The van der Waals surface area contributed by atoms with Crippen LogP contribution in [0.25, 0.3) is 10.1 Å². The summed E-state index contributed by atoms with van der Waals surface area (Å²) in [6.45, 7) is 5.97. The fourth-order valence-corrected chi connectivity index (χ4v) is 12.1. The number of fused-ring (bicyclic) bond motifs is 3. The second-order valence-electron chi connectivity index (χ2n) is 14.7. The highest BCUT2D eigenvalue weighted by Crippen LogP contribution is 2.81. The molecular formula is C35H43NO5S. The minimum absolute atomic E-state index is 0.0637. The molecule has 1 N–H and O–H groups in total. The Hall–Kier alpha value is -1.58. The second-order valence-corrected chi connectivity index (χ2v) is 15.9. The first-order chi connectivity index (χ1) is 20.3. The van der Waals surface area contributed by atoms with E-state index in [2.05, 4.69) is 48.2 Å². The Bertz CT molecular complexity index is 1480. The zero-order chi connectivity index (χ0) is 28.5. The van der Waals surface area contributed by atoms with Gasteiger partial charge in [-0.3, -0.25) is 4.90 Å². The van der Waals surface area contributed by atoms with Gasteiger partial charge in [0.1, 0.15) is 11.7 Å². The normalized spacial score (nSPS) is 45.2. The lowest BCUT2D eigenvalue weighted by Crippen LogP contribution is -2.81. The molecule has 2 saturated heterocycles. The average Bonchev–Trinajstić information content (AvgIpc) is 3.58. The Kier molecular flexibility index (Phi) is 5.60. The number of hydrogen-bond donors (Lipinski definition) is 1. The van der Waals surface area contributed by atoms with Crippen molar-refractivity contribution in [2.45, 2.75) is 88.1 Å². The number of ether oxygens (including phenoxy) is 4. The molecule has 2 aliphatic heterocycles. The number of rotatable bonds is 8. The van der Waals surface area contributed by atoms with Crippen LogP contribution in [0.5, 0.6) is 0 Å². The van der Waals surface area contributed by atoms with Crippen LogP contribution < -0.4 is 0 Å². The van der Waals surface area contributed by atoms with Gasteiger partial charge in [-0.15, -0.1) is 11.3 Å². The summed E-state index contributed by atoms with van der Waals surface area (Å²) >= 11 is 1.83. The van der Waals surface area contributed by atoms with Gasteiger partial charge in [-0.25, -0.2) is 0 Å². The highest BCUT2D eigenvalue weighted by Gasteiger charge is 2.84. The van der Waals surface area contributed by atoms with Gasteiger partial charge in [-0.1, -0.05) is 31.2 Å². The molecule has 8 atom stereocenters. The molecule has 224 valence electrons. The van der Waals surface area contributed by atoms with E-state index in [1.54, 1.807) is 7.11 Å². The largest absolute Gasteiger partial charge is 0.375 e. The topological polar surface area (TPSA) is 60.4 Å². The monoisotopic (exact) mass is 589 g/mol. The molecule has 4 saturated carbocycles. The van der Waals surface area contributed by atoms with Crippen LogP contribution in [-0.2, 0) is 25.6 Å². The molecule has 42 heavy (non-hydrogen) atoms. The van der Waals surface area contributed by atoms with Crippen LogP contribution in [0.2, 0.25) is 0 Å². The number of likely N-dealkylation sites (tertiary alicyclic amines) is 1. The Morgan fingerprint density at radius 2 is 1.98 bits per heavy atom. The fourth-order valence-electron chi connectivity index (χ4n) is 11.1. The minimum atomic E-state index is -1.45. The molecule has 6 fully saturated rings. The third-order valence-electron chi connectivity index (χ3n) is 13.0. The maximum Gasteiger partial charge on any atom is 0.216 e. The first-order valence-corrected chi connectivity index (χ1v) is 16.8. The Balaban J connectivity index is 1.13. The van der Waals surface area contributed by atoms with Crippen LogP contribution in [0.1, 0.15) is 56.7 Å². The molecule has 0 amide bonds. The summed E-state index contributed by atoms with van der Waals surface area (Å²) in [5, 5.41) is 13.0. The Labute approximate surface area is 252 Å². The molecule has 0 radical (unpaired) electrons. The van der Waals surface area contributed by atoms with Crippen LogP contribution in [0.4, 0.5) is 0 Å². The second kappa shape index (κ2) is 8.78. The molecule has 3 heterocycles. The minimum Gasteiger partial charge on any atom is -0.375 e. The summed E-state index contributed by atoms with van der Waals surface area (Å²) in [6, 6.07) is 11.3. The van der Waals surface area contributed by atoms with Gasteiger partial charge in [0.05, 0.1) is 19.3 Å². The van der Waals surface area contributed by atoms with Crippen molar-refractivity contribution in [1.82, 2.24) is 4.90 Å². The molecule has 8 aliphatic rings. The van der Waals surface area contributed by atoms with Gasteiger partial charge >= 0.3 is 0 Å². The number of benzene rings is 1. The molecule has 2 spiro atoms. The highest BCUT2D eigenvalue weighted by atomic mass is 32.1. The standard InChI is InChI=1S/C35H43NO5S/c1-31(21-40-19-25-16-23-6-4-5-7-26(23)42-25)20-32-12-13-34(31,38-2)30-33(32)14-15-36(18-22-8-9-22)27(32)17-24-10-11-35(37,39-3)29(41-30)28(24)33/h4-7,10-11,16,22,27,29-30,37H,8-9,12-15,17-21H2,1-3H3/t27-,29?,30-,31-,32-,33+,34+,35?/m1/s1. The van der Waals surface area contributed by atoms with Gasteiger partial charge in [0.15, 0.2) is 0 Å². The molecule has 10 rings (SSSR count). The van der Waals surface area contributed by atoms with Gasteiger partial charge in [0, 0.05) is 47.2 Å². The van der Waals surface area contributed by atoms with Crippen molar-refractivity contribution >= 4 is 21.4 Å². The number of allylic oxidation sites excluding steroid dienone is 1. The predicted octanol–water partition coefficient (Wildman–Crippen LogP) is 5.84. The van der Waals surface area contributed by atoms with Gasteiger partial charge in [-0.2, -0.15) is 0 Å². The summed E-state index contributed by atoms with van der Waals surface area (Å²) in [7, 11) is 3.49. The van der Waals surface area contributed by atoms with Gasteiger partial charge in [-0.05, 0) is 97.6 Å². The lowest BCUT2D eigenvalue weighted by atomic mass is 9.32. The van der Waals surface area contributed by atoms with Crippen molar-refractivity contribution in [1.29, 1.82) is 0 Å². The molecule has 2 unspecified atom stereocenters. The van der Waals surface area contributed by atoms with E-state index in [0.717, 1.165) is 44.6 Å². The van der Waals surface area contributed by atoms with Crippen LogP contribution in [0.15, 0.2) is 53.6 Å². The number of nitrogens with zero attached hydrogens (tertiary/aromatic N) is 1. The molecule has 6 aliphatic carbocycles. The van der Waals surface area contributed by atoms with E-state index >= 15 is 0 Å². The van der Waals surface area contributed by atoms with Gasteiger partial charge < -0.3 is 24.1 Å². The predicted molar refractivity (Wildman–Crippen MR) is 162 cm³/mol.